The first-order valence-corrected chi connectivity index (χ1v) is 6.26. The van der Waals surface area contributed by atoms with Gasteiger partial charge in [0.25, 0.3) is 0 Å². The molecule has 0 bridgehead atoms. The van der Waals surface area contributed by atoms with Crippen molar-refractivity contribution >= 4 is 21.7 Å². The Morgan fingerprint density at radius 2 is 2.11 bits per heavy atom. The summed E-state index contributed by atoms with van der Waals surface area (Å²) >= 11 is 3.07. The molecule has 0 aliphatic heterocycles. The van der Waals surface area contributed by atoms with Gasteiger partial charge in [0.1, 0.15) is 5.82 Å². The Kier molecular flexibility index (Phi) is 3.87. The van der Waals surface area contributed by atoms with E-state index in [-0.39, 0.29) is 18.0 Å². The Morgan fingerprint density at radius 1 is 1.33 bits per heavy atom. The van der Waals surface area contributed by atoms with E-state index in [1.54, 1.807) is 0 Å². The fourth-order valence-electron chi connectivity index (χ4n) is 1.63. The lowest BCUT2D eigenvalue weighted by atomic mass is 10.1. The second kappa shape index (κ2) is 5.40. The number of carbonyl (C=O) groups is 1. The highest BCUT2D eigenvalue weighted by atomic mass is 79.9. The Balaban J connectivity index is 2.19. The van der Waals surface area contributed by atoms with Crippen LogP contribution in [0.4, 0.5) is 4.39 Å². The smallest absolute Gasteiger partial charge is 0.168 e. The van der Waals surface area contributed by atoms with Crippen molar-refractivity contribution in [2.24, 2.45) is 0 Å². The van der Waals surface area contributed by atoms with E-state index in [1.165, 1.54) is 18.2 Å². The van der Waals surface area contributed by atoms with E-state index < -0.39 is 0 Å². The molecule has 2 rings (SSSR count). The van der Waals surface area contributed by atoms with E-state index in [1.807, 2.05) is 25.1 Å². The Labute approximate surface area is 113 Å². The first-order valence-electron chi connectivity index (χ1n) is 5.47. The number of ketones is 1. The van der Waals surface area contributed by atoms with Crippen LogP contribution in [0, 0.1) is 12.7 Å². The maximum Gasteiger partial charge on any atom is 0.168 e. The molecule has 1 heterocycles. The van der Waals surface area contributed by atoms with Crippen LogP contribution in [0.5, 0.6) is 0 Å². The first-order chi connectivity index (χ1) is 8.56. The monoisotopic (exact) mass is 307 g/mol. The summed E-state index contributed by atoms with van der Waals surface area (Å²) in [4.78, 5) is 16.3. The second-order valence-electron chi connectivity index (χ2n) is 4.00. The van der Waals surface area contributed by atoms with Crippen LogP contribution in [0.25, 0.3) is 0 Å². The molecular formula is C14H11BrFNO. The molecule has 0 aliphatic carbocycles. The number of hydrogen-bond donors (Lipinski definition) is 0. The maximum absolute atomic E-state index is 13.1. The summed E-state index contributed by atoms with van der Waals surface area (Å²) in [5, 5.41) is 0. The Morgan fingerprint density at radius 3 is 2.78 bits per heavy atom. The molecule has 0 amide bonds. The van der Waals surface area contributed by atoms with Gasteiger partial charge in [0.15, 0.2) is 5.78 Å². The van der Waals surface area contributed by atoms with Crippen LogP contribution >= 0.6 is 15.9 Å². The summed E-state index contributed by atoms with van der Waals surface area (Å²) in [6, 6.07) is 9.81. The third kappa shape index (κ3) is 3.01. The molecule has 92 valence electrons. The van der Waals surface area contributed by atoms with E-state index in [4.69, 9.17) is 0 Å². The van der Waals surface area contributed by atoms with Crippen molar-refractivity contribution in [1.29, 1.82) is 0 Å². The normalized spacial score (nSPS) is 10.4. The molecule has 1 aromatic heterocycles. The molecule has 2 aromatic rings. The van der Waals surface area contributed by atoms with Crippen molar-refractivity contribution in [3.8, 4) is 0 Å². The SMILES string of the molecule is Cc1cccc(CC(=O)c2ccc(F)c(Br)c2)n1. The van der Waals surface area contributed by atoms with Gasteiger partial charge >= 0.3 is 0 Å². The topological polar surface area (TPSA) is 30.0 Å². The average Bonchev–Trinajstić information content (AvgIpc) is 2.32. The minimum absolute atomic E-state index is 0.0752. The summed E-state index contributed by atoms with van der Waals surface area (Å²) in [7, 11) is 0. The van der Waals surface area contributed by atoms with E-state index in [9.17, 15) is 9.18 Å². The summed E-state index contributed by atoms with van der Waals surface area (Å²) in [5.41, 5.74) is 2.08. The van der Waals surface area contributed by atoms with E-state index in [0.717, 1.165) is 11.4 Å². The molecule has 0 saturated carbocycles. The number of aromatic nitrogens is 1. The number of hydrogen-bond acceptors (Lipinski definition) is 2. The molecule has 0 aliphatic rings. The van der Waals surface area contributed by atoms with Gasteiger partial charge in [0.2, 0.25) is 0 Å². The highest BCUT2D eigenvalue weighted by Gasteiger charge is 2.10. The average molecular weight is 308 g/mol. The number of aryl methyl sites for hydroxylation is 1. The number of carbonyl (C=O) groups excluding carboxylic acids is 1. The molecule has 0 radical (unpaired) electrons. The molecule has 2 nitrogen and oxygen atoms in total. The van der Waals surface area contributed by atoms with Crippen LogP contribution in [0.3, 0.4) is 0 Å². The Hall–Kier alpha value is -1.55. The van der Waals surface area contributed by atoms with Gasteiger partial charge in [-0.15, -0.1) is 0 Å². The molecule has 0 saturated heterocycles. The van der Waals surface area contributed by atoms with Crippen LogP contribution in [-0.4, -0.2) is 10.8 Å². The molecule has 0 fully saturated rings. The van der Waals surface area contributed by atoms with E-state index in [0.29, 0.717) is 10.0 Å². The zero-order valence-electron chi connectivity index (χ0n) is 9.78. The number of Topliss-reactive ketones (excluding diaryl/α,β-unsaturated/α-hetero) is 1. The van der Waals surface area contributed by atoms with Gasteiger partial charge in [0.05, 0.1) is 10.9 Å². The van der Waals surface area contributed by atoms with Crippen LogP contribution < -0.4 is 0 Å². The third-order valence-electron chi connectivity index (χ3n) is 2.53. The molecule has 4 heteroatoms. The first kappa shape index (κ1) is 12.9. The van der Waals surface area contributed by atoms with Crippen molar-refractivity contribution in [1.82, 2.24) is 4.98 Å². The Bertz CT molecular complexity index is 598. The maximum atomic E-state index is 13.1. The molecule has 0 unspecified atom stereocenters. The molecule has 0 N–H and O–H groups in total. The van der Waals surface area contributed by atoms with Crippen molar-refractivity contribution < 1.29 is 9.18 Å². The van der Waals surface area contributed by atoms with Crippen LogP contribution in [0.2, 0.25) is 0 Å². The summed E-state index contributed by atoms with van der Waals surface area (Å²) in [6.45, 7) is 1.88. The van der Waals surface area contributed by atoms with Gasteiger partial charge in [0, 0.05) is 17.0 Å². The number of benzene rings is 1. The number of nitrogens with zero attached hydrogens (tertiary/aromatic N) is 1. The molecular weight excluding hydrogens is 297 g/mol. The minimum Gasteiger partial charge on any atom is -0.294 e. The summed E-state index contributed by atoms with van der Waals surface area (Å²) in [5.74, 6) is -0.450. The van der Waals surface area contributed by atoms with Gasteiger partial charge in [-0.05, 0) is 53.2 Å². The largest absolute Gasteiger partial charge is 0.294 e. The van der Waals surface area contributed by atoms with Crippen LogP contribution in [-0.2, 0) is 6.42 Å². The van der Waals surface area contributed by atoms with Gasteiger partial charge in [-0.25, -0.2) is 4.39 Å². The van der Waals surface area contributed by atoms with Crippen LogP contribution in [0.15, 0.2) is 40.9 Å². The fourth-order valence-corrected chi connectivity index (χ4v) is 2.01. The molecule has 18 heavy (non-hydrogen) atoms. The highest BCUT2D eigenvalue weighted by molar-refractivity contribution is 9.10. The fraction of sp³-hybridized carbons (Fsp3) is 0.143. The highest BCUT2D eigenvalue weighted by Crippen LogP contribution is 2.18. The molecule has 0 spiro atoms. The lowest BCUT2D eigenvalue weighted by molar-refractivity contribution is 0.0992. The predicted molar refractivity (Wildman–Crippen MR) is 71.1 cm³/mol. The van der Waals surface area contributed by atoms with E-state index >= 15 is 0 Å². The molecule has 0 atom stereocenters. The number of rotatable bonds is 3. The van der Waals surface area contributed by atoms with Crippen molar-refractivity contribution in [2.45, 2.75) is 13.3 Å². The van der Waals surface area contributed by atoms with Crippen molar-refractivity contribution in [3.63, 3.8) is 0 Å². The second-order valence-corrected chi connectivity index (χ2v) is 4.85. The van der Waals surface area contributed by atoms with Crippen molar-refractivity contribution in [2.75, 3.05) is 0 Å². The lowest BCUT2D eigenvalue weighted by Gasteiger charge is -2.03. The summed E-state index contributed by atoms with van der Waals surface area (Å²) in [6.07, 6.45) is 0.222. The van der Waals surface area contributed by atoms with Gasteiger partial charge in [-0.3, -0.25) is 9.78 Å². The number of halogens is 2. The van der Waals surface area contributed by atoms with Gasteiger partial charge in [-0.2, -0.15) is 0 Å². The van der Waals surface area contributed by atoms with Gasteiger partial charge in [-0.1, -0.05) is 6.07 Å². The van der Waals surface area contributed by atoms with Crippen LogP contribution in [0.1, 0.15) is 21.7 Å². The number of pyridine rings is 1. The third-order valence-corrected chi connectivity index (χ3v) is 3.14. The minimum atomic E-state index is -0.375. The zero-order valence-corrected chi connectivity index (χ0v) is 11.4. The standard InChI is InChI=1S/C14H11BrFNO/c1-9-3-2-4-11(17-9)8-14(18)10-5-6-13(16)12(15)7-10/h2-7H,8H2,1H3. The van der Waals surface area contributed by atoms with Crippen molar-refractivity contribution in [3.05, 3.63) is 63.6 Å². The zero-order chi connectivity index (χ0) is 13.1. The summed E-state index contributed by atoms with van der Waals surface area (Å²) < 4.78 is 13.4. The van der Waals surface area contributed by atoms with Gasteiger partial charge < -0.3 is 0 Å². The lowest BCUT2D eigenvalue weighted by Crippen LogP contribution is -2.05. The molecule has 1 aromatic carbocycles. The van der Waals surface area contributed by atoms with E-state index in [2.05, 4.69) is 20.9 Å². The predicted octanol–water partition coefficient (Wildman–Crippen LogP) is 3.72. The quantitative estimate of drug-likeness (QED) is 0.809.